The first-order chi connectivity index (χ1) is 17.1. The minimum absolute atomic E-state index is 0.113. The fraction of sp³-hybridized carbons (Fsp3) is 0.107. The number of carbonyl (C=O) groups is 2. The Labute approximate surface area is 203 Å². The molecular weight excluding hydrogens is 442 g/mol. The molecule has 1 heterocycles. The molecule has 0 saturated carbocycles. The van der Waals surface area contributed by atoms with E-state index in [1.807, 2.05) is 48.0 Å². The van der Waals surface area contributed by atoms with Crippen LogP contribution in [0.1, 0.15) is 22.8 Å². The molecule has 0 bridgehead atoms. The standard InChI is InChI=1S/C28H25N3O4/c1-2-34-27-18-21(9-15-26(27)35-19-28(33)30-23-6-4-3-5-7-23)8-14-25(32)22-10-12-24(13-11-22)31-17-16-29-20-31/h3-18,20H,2,19H2,1H3,(H,30,33)/b14-8+. The van der Waals surface area contributed by atoms with Crippen molar-refractivity contribution in [1.29, 1.82) is 0 Å². The number of nitrogens with one attached hydrogen (secondary N) is 1. The van der Waals surface area contributed by atoms with E-state index in [0.29, 0.717) is 29.4 Å². The van der Waals surface area contributed by atoms with Gasteiger partial charge in [0.15, 0.2) is 23.9 Å². The van der Waals surface area contributed by atoms with Gasteiger partial charge in [0.25, 0.3) is 5.91 Å². The quantitative estimate of drug-likeness (QED) is 0.257. The predicted octanol–water partition coefficient (Wildman–Crippen LogP) is 5.18. The van der Waals surface area contributed by atoms with Crippen molar-refractivity contribution in [3.63, 3.8) is 0 Å². The molecule has 0 atom stereocenters. The van der Waals surface area contributed by atoms with Crippen LogP contribution in [0.5, 0.6) is 11.5 Å². The molecule has 0 spiro atoms. The third-order valence-electron chi connectivity index (χ3n) is 5.07. The van der Waals surface area contributed by atoms with Gasteiger partial charge in [0, 0.05) is 29.3 Å². The summed E-state index contributed by atoms with van der Waals surface area (Å²) in [5.74, 6) is 0.568. The molecule has 176 valence electrons. The van der Waals surface area contributed by atoms with Crippen LogP contribution in [0.25, 0.3) is 11.8 Å². The Hall–Kier alpha value is -4.65. The van der Waals surface area contributed by atoms with Gasteiger partial charge in [-0.1, -0.05) is 30.3 Å². The number of rotatable bonds is 10. The summed E-state index contributed by atoms with van der Waals surface area (Å²) in [5.41, 5.74) is 2.99. The summed E-state index contributed by atoms with van der Waals surface area (Å²) < 4.78 is 13.2. The minimum Gasteiger partial charge on any atom is -0.490 e. The smallest absolute Gasteiger partial charge is 0.262 e. The van der Waals surface area contributed by atoms with Crippen molar-refractivity contribution in [3.8, 4) is 17.2 Å². The van der Waals surface area contributed by atoms with Crippen molar-refractivity contribution in [3.05, 3.63) is 109 Å². The molecule has 0 aliphatic carbocycles. The molecule has 35 heavy (non-hydrogen) atoms. The first-order valence-corrected chi connectivity index (χ1v) is 11.2. The van der Waals surface area contributed by atoms with Gasteiger partial charge in [0.1, 0.15) is 0 Å². The van der Waals surface area contributed by atoms with E-state index in [1.165, 1.54) is 6.08 Å². The second kappa shape index (κ2) is 11.5. The van der Waals surface area contributed by atoms with Gasteiger partial charge in [-0.15, -0.1) is 0 Å². The monoisotopic (exact) mass is 467 g/mol. The summed E-state index contributed by atoms with van der Waals surface area (Å²) in [5, 5.41) is 2.78. The van der Waals surface area contributed by atoms with E-state index in [9.17, 15) is 9.59 Å². The number of benzene rings is 3. The lowest BCUT2D eigenvalue weighted by Crippen LogP contribution is -2.20. The molecule has 0 radical (unpaired) electrons. The van der Waals surface area contributed by atoms with Crippen LogP contribution >= 0.6 is 0 Å². The van der Waals surface area contributed by atoms with Gasteiger partial charge in [-0.25, -0.2) is 4.98 Å². The molecule has 4 aromatic rings. The molecule has 1 N–H and O–H groups in total. The fourth-order valence-electron chi connectivity index (χ4n) is 3.36. The Kier molecular flexibility index (Phi) is 7.70. The number of anilines is 1. The zero-order valence-corrected chi connectivity index (χ0v) is 19.3. The second-order valence-corrected chi connectivity index (χ2v) is 7.56. The maximum atomic E-state index is 12.6. The summed E-state index contributed by atoms with van der Waals surface area (Å²) in [7, 11) is 0. The van der Waals surface area contributed by atoms with Crippen LogP contribution in [0.15, 0.2) is 97.6 Å². The topological polar surface area (TPSA) is 82.5 Å². The van der Waals surface area contributed by atoms with E-state index in [4.69, 9.17) is 9.47 Å². The first-order valence-electron chi connectivity index (χ1n) is 11.2. The lowest BCUT2D eigenvalue weighted by Gasteiger charge is -2.12. The fourth-order valence-corrected chi connectivity index (χ4v) is 3.36. The lowest BCUT2D eigenvalue weighted by molar-refractivity contribution is -0.118. The molecule has 0 unspecified atom stereocenters. The van der Waals surface area contributed by atoms with Crippen molar-refractivity contribution in [2.24, 2.45) is 0 Å². The van der Waals surface area contributed by atoms with Gasteiger partial charge in [0.2, 0.25) is 0 Å². The highest BCUT2D eigenvalue weighted by atomic mass is 16.5. The van der Waals surface area contributed by atoms with Gasteiger partial charge >= 0.3 is 0 Å². The molecule has 0 aliphatic rings. The van der Waals surface area contributed by atoms with Crippen molar-refractivity contribution in [2.75, 3.05) is 18.5 Å². The second-order valence-electron chi connectivity index (χ2n) is 7.56. The molecule has 0 saturated heterocycles. The Morgan fingerprint density at radius 2 is 1.77 bits per heavy atom. The Morgan fingerprint density at radius 3 is 2.49 bits per heavy atom. The third kappa shape index (κ3) is 6.45. The average molecular weight is 468 g/mol. The summed E-state index contributed by atoms with van der Waals surface area (Å²) in [6.07, 6.45) is 8.49. The molecule has 4 rings (SSSR count). The molecular formula is C28H25N3O4. The highest BCUT2D eigenvalue weighted by molar-refractivity contribution is 6.06. The number of ketones is 1. The normalized spacial score (nSPS) is 10.8. The van der Waals surface area contributed by atoms with Gasteiger partial charge in [-0.05, 0) is 67.1 Å². The maximum Gasteiger partial charge on any atom is 0.262 e. The zero-order valence-electron chi connectivity index (χ0n) is 19.3. The van der Waals surface area contributed by atoms with Crippen molar-refractivity contribution < 1.29 is 19.1 Å². The summed E-state index contributed by atoms with van der Waals surface area (Å²) in [6, 6.07) is 21.8. The Morgan fingerprint density at radius 1 is 0.971 bits per heavy atom. The number of carbonyl (C=O) groups excluding carboxylic acids is 2. The molecule has 1 aromatic heterocycles. The number of para-hydroxylation sites is 1. The molecule has 7 nitrogen and oxygen atoms in total. The number of allylic oxidation sites excluding steroid dienone is 1. The number of hydrogen-bond donors (Lipinski definition) is 1. The van der Waals surface area contributed by atoms with Crippen LogP contribution in [0.2, 0.25) is 0 Å². The predicted molar refractivity (Wildman–Crippen MR) is 135 cm³/mol. The maximum absolute atomic E-state index is 12.6. The van der Waals surface area contributed by atoms with Crippen molar-refractivity contribution >= 4 is 23.5 Å². The molecule has 3 aromatic carbocycles. The average Bonchev–Trinajstić information content (AvgIpc) is 3.43. The van der Waals surface area contributed by atoms with E-state index in [-0.39, 0.29) is 18.3 Å². The Balaban J connectivity index is 1.39. The van der Waals surface area contributed by atoms with Crippen molar-refractivity contribution in [1.82, 2.24) is 9.55 Å². The lowest BCUT2D eigenvalue weighted by atomic mass is 10.1. The van der Waals surface area contributed by atoms with E-state index in [2.05, 4.69) is 10.3 Å². The van der Waals surface area contributed by atoms with Crippen LogP contribution in [0.3, 0.4) is 0 Å². The SMILES string of the molecule is CCOc1cc(/C=C/C(=O)c2ccc(-n3ccnc3)cc2)ccc1OCC(=O)Nc1ccccc1. The minimum atomic E-state index is -0.271. The van der Waals surface area contributed by atoms with Crippen LogP contribution in [-0.4, -0.2) is 34.5 Å². The van der Waals surface area contributed by atoms with Gasteiger partial charge in [-0.3, -0.25) is 9.59 Å². The number of imidazole rings is 1. The zero-order chi connectivity index (χ0) is 24.5. The first kappa shape index (κ1) is 23.5. The van der Waals surface area contributed by atoms with Crippen LogP contribution in [0.4, 0.5) is 5.69 Å². The van der Waals surface area contributed by atoms with Gasteiger partial charge < -0.3 is 19.4 Å². The molecule has 0 fully saturated rings. The number of nitrogens with zero attached hydrogens (tertiary/aromatic N) is 2. The van der Waals surface area contributed by atoms with Crippen LogP contribution in [0, 0.1) is 0 Å². The molecule has 7 heteroatoms. The van der Waals surface area contributed by atoms with Gasteiger partial charge in [0.05, 0.1) is 12.9 Å². The van der Waals surface area contributed by atoms with E-state index < -0.39 is 0 Å². The van der Waals surface area contributed by atoms with E-state index in [0.717, 1.165) is 11.3 Å². The highest BCUT2D eigenvalue weighted by Crippen LogP contribution is 2.29. The van der Waals surface area contributed by atoms with E-state index >= 15 is 0 Å². The van der Waals surface area contributed by atoms with Crippen LogP contribution in [-0.2, 0) is 4.79 Å². The third-order valence-corrected chi connectivity index (χ3v) is 5.07. The summed E-state index contributed by atoms with van der Waals surface area (Å²) >= 11 is 0. The number of amides is 1. The summed E-state index contributed by atoms with van der Waals surface area (Å²) in [4.78, 5) is 28.8. The number of ether oxygens (including phenoxy) is 2. The van der Waals surface area contributed by atoms with Crippen molar-refractivity contribution in [2.45, 2.75) is 6.92 Å². The Bertz CT molecular complexity index is 1300. The molecule has 1 amide bonds. The number of aromatic nitrogens is 2. The van der Waals surface area contributed by atoms with Crippen LogP contribution < -0.4 is 14.8 Å². The number of hydrogen-bond acceptors (Lipinski definition) is 5. The molecule has 0 aliphatic heterocycles. The summed E-state index contributed by atoms with van der Waals surface area (Å²) in [6.45, 7) is 2.14. The van der Waals surface area contributed by atoms with Gasteiger partial charge in [-0.2, -0.15) is 0 Å². The van der Waals surface area contributed by atoms with E-state index in [1.54, 1.807) is 61.1 Å². The largest absolute Gasteiger partial charge is 0.490 e. The highest BCUT2D eigenvalue weighted by Gasteiger charge is 2.10.